The van der Waals surface area contributed by atoms with Crippen molar-refractivity contribution < 1.29 is 22.6 Å². The van der Waals surface area contributed by atoms with Gasteiger partial charge in [-0.15, -0.1) is 0 Å². The second kappa shape index (κ2) is 5.95. The van der Waals surface area contributed by atoms with Crippen molar-refractivity contribution in [3.05, 3.63) is 42.5 Å². The van der Waals surface area contributed by atoms with E-state index in [2.05, 4.69) is 4.74 Å². The molecule has 0 aliphatic heterocycles. The summed E-state index contributed by atoms with van der Waals surface area (Å²) in [4.78, 5) is 0. The molecule has 2 rings (SSSR count). The van der Waals surface area contributed by atoms with E-state index in [9.17, 15) is 13.2 Å². The third-order valence-electron chi connectivity index (χ3n) is 2.81. The van der Waals surface area contributed by atoms with Crippen LogP contribution in [0.5, 0.6) is 11.5 Å². The summed E-state index contributed by atoms with van der Waals surface area (Å²) in [6.45, 7) is -1.34. The van der Waals surface area contributed by atoms with Crippen LogP contribution in [0.2, 0.25) is 0 Å². The molecule has 0 amide bonds. The molecule has 0 bridgehead atoms. The fraction of sp³-hybridized carbons (Fsp3) is 0.200. The Hall–Kier alpha value is -2.37. The molecule has 0 aliphatic carbocycles. The van der Waals surface area contributed by atoms with E-state index in [4.69, 9.17) is 10.5 Å². The molecule has 2 aromatic rings. The minimum Gasteiger partial charge on any atom is -0.497 e. The highest BCUT2D eigenvalue weighted by Crippen LogP contribution is 2.31. The number of alkyl halides is 3. The first-order valence-electron chi connectivity index (χ1n) is 6.12. The Morgan fingerprint density at radius 2 is 1.81 bits per heavy atom. The topological polar surface area (TPSA) is 44.5 Å². The predicted octanol–water partition coefficient (Wildman–Crippen LogP) is 3.89. The molecule has 2 aromatic carbocycles. The van der Waals surface area contributed by atoms with Gasteiger partial charge in [0.2, 0.25) is 0 Å². The molecule has 0 saturated heterocycles. The zero-order valence-electron chi connectivity index (χ0n) is 11.3. The fourth-order valence-electron chi connectivity index (χ4n) is 1.85. The van der Waals surface area contributed by atoms with Crippen molar-refractivity contribution in [3.8, 4) is 22.6 Å². The second-order valence-corrected chi connectivity index (χ2v) is 4.38. The second-order valence-electron chi connectivity index (χ2n) is 4.38. The third kappa shape index (κ3) is 4.05. The molecule has 0 atom stereocenters. The maximum atomic E-state index is 12.1. The summed E-state index contributed by atoms with van der Waals surface area (Å²) >= 11 is 0. The number of nitrogens with two attached hydrogens (primary N) is 1. The van der Waals surface area contributed by atoms with Crippen molar-refractivity contribution >= 4 is 5.69 Å². The lowest BCUT2D eigenvalue weighted by Crippen LogP contribution is -2.19. The van der Waals surface area contributed by atoms with Gasteiger partial charge >= 0.3 is 6.18 Å². The van der Waals surface area contributed by atoms with Crippen LogP contribution in [0.1, 0.15) is 0 Å². The van der Waals surface area contributed by atoms with Crippen molar-refractivity contribution in [2.75, 3.05) is 19.5 Å². The highest BCUT2D eigenvalue weighted by molar-refractivity contribution is 5.78. The summed E-state index contributed by atoms with van der Waals surface area (Å²) in [5.74, 6) is 0.751. The number of hydrogen-bond donors (Lipinski definition) is 1. The van der Waals surface area contributed by atoms with Crippen LogP contribution in [0.3, 0.4) is 0 Å². The largest absolute Gasteiger partial charge is 0.497 e. The first kappa shape index (κ1) is 15.0. The van der Waals surface area contributed by atoms with E-state index in [1.54, 1.807) is 25.3 Å². The molecular formula is C15H14F3NO2. The highest BCUT2D eigenvalue weighted by atomic mass is 19.4. The fourth-order valence-corrected chi connectivity index (χ4v) is 1.85. The Morgan fingerprint density at radius 3 is 2.43 bits per heavy atom. The van der Waals surface area contributed by atoms with Gasteiger partial charge in [-0.25, -0.2) is 0 Å². The number of nitrogen functional groups attached to an aromatic ring is 1. The number of rotatable bonds is 4. The lowest BCUT2D eigenvalue weighted by molar-refractivity contribution is -0.153. The average Bonchev–Trinajstić information content (AvgIpc) is 2.44. The molecule has 0 aromatic heterocycles. The van der Waals surface area contributed by atoms with Gasteiger partial charge < -0.3 is 15.2 Å². The molecule has 112 valence electrons. The van der Waals surface area contributed by atoms with Crippen LogP contribution in [0.15, 0.2) is 42.5 Å². The molecule has 6 heteroatoms. The Balaban J connectivity index is 2.22. The van der Waals surface area contributed by atoms with Crippen LogP contribution in [-0.4, -0.2) is 19.9 Å². The molecular weight excluding hydrogens is 283 g/mol. The maximum Gasteiger partial charge on any atom is 0.422 e. The van der Waals surface area contributed by atoms with Gasteiger partial charge in [0.05, 0.1) is 7.11 Å². The van der Waals surface area contributed by atoms with Crippen molar-refractivity contribution in [2.45, 2.75) is 6.18 Å². The molecule has 0 radical (unpaired) electrons. The average molecular weight is 297 g/mol. The molecule has 2 N–H and O–H groups in total. The summed E-state index contributed by atoms with van der Waals surface area (Å²) in [5.41, 5.74) is 7.73. The first-order valence-corrected chi connectivity index (χ1v) is 6.12. The van der Waals surface area contributed by atoms with Gasteiger partial charge in [-0.3, -0.25) is 0 Å². The Kier molecular flexibility index (Phi) is 4.26. The van der Waals surface area contributed by atoms with Crippen LogP contribution < -0.4 is 15.2 Å². The number of hydrogen-bond acceptors (Lipinski definition) is 3. The maximum absolute atomic E-state index is 12.1. The van der Waals surface area contributed by atoms with Gasteiger partial charge in [-0.05, 0) is 29.8 Å². The summed E-state index contributed by atoms with van der Waals surface area (Å²) in [5, 5.41) is 0. The van der Waals surface area contributed by atoms with Crippen LogP contribution in [-0.2, 0) is 0 Å². The summed E-state index contributed by atoms with van der Waals surface area (Å²) in [6.07, 6.45) is -4.37. The Bertz CT molecular complexity index is 627. The molecule has 0 saturated carbocycles. The summed E-state index contributed by atoms with van der Waals surface area (Å²) in [6, 6.07) is 11.7. The van der Waals surface area contributed by atoms with E-state index in [0.29, 0.717) is 17.0 Å². The number of benzene rings is 2. The Labute approximate surface area is 120 Å². The van der Waals surface area contributed by atoms with E-state index in [1.807, 2.05) is 12.1 Å². The van der Waals surface area contributed by atoms with Crippen LogP contribution in [0.4, 0.5) is 18.9 Å². The van der Waals surface area contributed by atoms with E-state index in [1.165, 1.54) is 12.1 Å². The monoisotopic (exact) mass is 297 g/mol. The first-order chi connectivity index (χ1) is 9.89. The van der Waals surface area contributed by atoms with E-state index >= 15 is 0 Å². The van der Waals surface area contributed by atoms with Crippen molar-refractivity contribution in [1.82, 2.24) is 0 Å². The van der Waals surface area contributed by atoms with Gasteiger partial charge in [0, 0.05) is 17.3 Å². The van der Waals surface area contributed by atoms with Gasteiger partial charge in [0.25, 0.3) is 0 Å². The minimum atomic E-state index is -4.37. The smallest absolute Gasteiger partial charge is 0.422 e. The van der Waals surface area contributed by atoms with E-state index in [-0.39, 0.29) is 5.75 Å². The lowest BCUT2D eigenvalue weighted by Gasteiger charge is -2.12. The van der Waals surface area contributed by atoms with Crippen molar-refractivity contribution in [1.29, 1.82) is 0 Å². The van der Waals surface area contributed by atoms with Gasteiger partial charge in [0.15, 0.2) is 6.61 Å². The van der Waals surface area contributed by atoms with Crippen molar-refractivity contribution in [2.24, 2.45) is 0 Å². The normalized spacial score (nSPS) is 11.2. The molecule has 21 heavy (non-hydrogen) atoms. The molecule has 0 fully saturated rings. The number of anilines is 1. The molecule has 0 heterocycles. The van der Waals surface area contributed by atoms with Crippen LogP contribution >= 0.6 is 0 Å². The lowest BCUT2D eigenvalue weighted by atomic mass is 10.0. The molecule has 0 spiro atoms. The van der Waals surface area contributed by atoms with Gasteiger partial charge in [0.1, 0.15) is 11.5 Å². The Morgan fingerprint density at radius 1 is 1.05 bits per heavy atom. The van der Waals surface area contributed by atoms with Crippen LogP contribution in [0.25, 0.3) is 11.1 Å². The van der Waals surface area contributed by atoms with E-state index in [0.717, 1.165) is 5.56 Å². The van der Waals surface area contributed by atoms with Gasteiger partial charge in [-0.1, -0.05) is 12.1 Å². The molecule has 0 aliphatic rings. The summed E-state index contributed by atoms with van der Waals surface area (Å²) < 4.78 is 46.1. The molecule has 0 unspecified atom stereocenters. The minimum absolute atomic E-state index is 0.0801. The predicted molar refractivity (Wildman–Crippen MR) is 74.4 cm³/mol. The quantitative estimate of drug-likeness (QED) is 0.871. The third-order valence-corrected chi connectivity index (χ3v) is 2.81. The zero-order chi connectivity index (χ0) is 15.5. The number of methoxy groups -OCH3 is 1. The van der Waals surface area contributed by atoms with Gasteiger partial charge in [-0.2, -0.15) is 13.2 Å². The van der Waals surface area contributed by atoms with Crippen LogP contribution in [0, 0.1) is 0 Å². The SMILES string of the molecule is COc1cccc(-c2ccc(OCC(F)(F)F)cc2N)c1. The molecule has 3 nitrogen and oxygen atoms in total. The van der Waals surface area contributed by atoms with E-state index < -0.39 is 12.8 Å². The summed E-state index contributed by atoms with van der Waals surface area (Å²) in [7, 11) is 1.55. The number of ether oxygens (including phenoxy) is 2. The van der Waals surface area contributed by atoms with Crippen molar-refractivity contribution in [3.63, 3.8) is 0 Å². The zero-order valence-corrected chi connectivity index (χ0v) is 11.3. The standard InChI is InChI=1S/C15H14F3NO2/c1-20-11-4-2-3-10(7-11)13-6-5-12(8-14(13)19)21-9-15(16,17)18/h2-8H,9,19H2,1H3. The number of halogens is 3. The highest BCUT2D eigenvalue weighted by Gasteiger charge is 2.28.